The Bertz CT molecular complexity index is 1660. The normalized spacial score (nSPS) is 17.8. The third-order valence-corrected chi connectivity index (χ3v) is 8.45. The maximum atomic E-state index is 13.6. The van der Waals surface area contributed by atoms with Crippen LogP contribution in [0.5, 0.6) is 5.75 Å². The van der Waals surface area contributed by atoms with E-state index >= 15 is 0 Å². The Balaban J connectivity index is 1.14. The number of rotatable bonds is 8. The summed E-state index contributed by atoms with van der Waals surface area (Å²) in [5, 5.41) is 3.60. The Kier molecular flexibility index (Phi) is 6.13. The standard InChI is InChI=1S/C30H28ClN5O5/c1-39-21-5-2-19(3-6-21)15-41-28(38)34-29(17-40-18-29)16-36-24-7-4-20(31)12-23(24)33-26(36)14-35-25-13-32-11-8-22(25)30(9-10-30)27(35)37/h2-8,11-13H,9-10,14-18H2,1H3,(H,34,38). The average molecular weight is 574 g/mol. The molecule has 0 bridgehead atoms. The first kappa shape index (κ1) is 25.8. The van der Waals surface area contributed by atoms with E-state index in [1.807, 2.05) is 47.0 Å². The number of anilines is 1. The summed E-state index contributed by atoms with van der Waals surface area (Å²) in [5.74, 6) is 1.50. The summed E-state index contributed by atoms with van der Waals surface area (Å²) in [7, 11) is 1.60. The Morgan fingerprint density at radius 3 is 2.66 bits per heavy atom. The van der Waals surface area contributed by atoms with Crippen molar-refractivity contribution in [2.75, 3.05) is 25.2 Å². The smallest absolute Gasteiger partial charge is 0.408 e. The quantitative estimate of drug-likeness (QED) is 0.333. The number of nitrogens with one attached hydrogen (secondary N) is 1. The number of nitrogens with zero attached hydrogens (tertiary/aromatic N) is 4. The molecule has 1 saturated carbocycles. The SMILES string of the molecule is COc1ccc(COC(=O)NC2(Cn3c(CN4C(=O)C5(CC5)c5ccncc54)nc4cc(Cl)ccc43)COC2)cc1. The van der Waals surface area contributed by atoms with E-state index in [0.29, 0.717) is 36.1 Å². The second-order valence-corrected chi connectivity index (χ2v) is 11.4. The summed E-state index contributed by atoms with van der Waals surface area (Å²) in [4.78, 5) is 37.5. The molecule has 3 aliphatic rings. The third-order valence-electron chi connectivity index (χ3n) is 8.21. The van der Waals surface area contributed by atoms with Crippen LogP contribution < -0.4 is 15.0 Å². The van der Waals surface area contributed by atoms with E-state index in [2.05, 4.69) is 10.3 Å². The lowest BCUT2D eigenvalue weighted by atomic mass is 9.97. The van der Waals surface area contributed by atoms with Crippen molar-refractivity contribution in [2.45, 2.75) is 43.5 Å². The zero-order valence-electron chi connectivity index (χ0n) is 22.4. The molecule has 1 saturated heterocycles. The number of imidazole rings is 1. The van der Waals surface area contributed by atoms with Gasteiger partial charge in [-0.05, 0) is 60.4 Å². The lowest BCUT2D eigenvalue weighted by molar-refractivity contribution is -0.120. The Morgan fingerprint density at radius 1 is 1.15 bits per heavy atom. The summed E-state index contributed by atoms with van der Waals surface area (Å²) in [6.07, 6.45) is 4.64. The number of carbonyl (C=O) groups is 2. The lowest BCUT2D eigenvalue weighted by Crippen LogP contribution is -2.64. The largest absolute Gasteiger partial charge is 0.497 e. The summed E-state index contributed by atoms with van der Waals surface area (Å²) in [5.41, 5.74) is 3.13. The summed E-state index contributed by atoms with van der Waals surface area (Å²) in [6, 6.07) is 14.8. The van der Waals surface area contributed by atoms with Gasteiger partial charge in [0.1, 0.15) is 23.7 Å². The van der Waals surface area contributed by atoms with Crippen LogP contribution in [0.15, 0.2) is 60.9 Å². The van der Waals surface area contributed by atoms with E-state index in [0.717, 1.165) is 40.9 Å². The summed E-state index contributed by atoms with van der Waals surface area (Å²) >= 11 is 6.31. The van der Waals surface area contributed by atoms with Crippen LogP contribution in [0, 0.1) is 0 Å². The molecule has 7 rings (SSSR count). The molecule has 0 atom stereocenters. The Labute approximate surface area is 241 Å². The van der Waals surface area contributed by atoms with E-state index in [4.69, 9.17) is 30.8 Å². The van der Waals surface area contributed by atoms with Crippen LogP contribution in [0.25, 0.3) is 11.0 Å². The van der Waals surface area contributed by atoms with Gasteiger partial charge in [-0.15, -0.1) is 0 Å². The zero-order chi connectivity index (χ0) is 28.2. The number of amides is 2. The molecule has 1 aliphatic carbocycles. The summed E-state index contributed by atoms with van der Waals surface area (Å²) < 4.78 is 18.3. The Hall–Kier alpha value is -4.15. The number of halogens is 1. The van der Waals surface area contributed by atoms with Gasteiger partial charge in [0, 0.05) is 11.2 Å². The zero-order valence-corrected chi connectivity index (χ0v) is 23.2. The average Bonchev–Trinajstić information content (AvgIpc) is 3.66. The molecule has 10 nitrogen and oxygen atoms in total. The predicted molar refractivity (Wildman–Crippen MR) is 151 cm³/mol. The topological polar surface area (TPSA) is 108 Å². The number of hydrogen-bond acceptors (Lipinski definition) is 7. The molecule has 210 valence electrons. The van der Waals surface area contributed by atoms with E-state index in [1.54, 1.807) is 30.5 Å². The van der Waals surface area contributed by atoms with E-state index in [1.165, 1.54) is 0 Å². The minimum absolute atomic E-state index is 0.0825. The number of benzene rings is 2. The fourth-order valence-electron chi connectivity index (χ4n) is 5.82. The highest BCUT2D eigenvalue weighted by Gasteiger charge is 2.59. The highest BCUT2D eigenvalue weighted by atomic mass is 35.5. The molecule has 2 fully saturated rings. The number of methoxy groups -OCH3 is 1. The highest BCUT2D eigenvalue weighted by Crippen LogP contribution is 2.57. The molecule has 0 unspecified atom stereocenters. The fraction of sp³-hybridized carbons (Fsp3) is 0.333. The molecule has 4 aromatic rings. The van der Waals surface area contributed by atoms with Crippen LogP contribution in [0.1, 0.15) is 29.8 Å². The molecule has 11 heteroatoms. The molecular formula is C30H28ClN5O5. The second kappa shape index (κ2) is 9.74. The molecule has 41 heavy (non-hydrogen) atoms. The number of aromatic nitrogens is 3. The number of alkyl carbamates (subject to hydrolysis) is 1. The van der Waals surface area contributed by atoms with Crippen molar-refractivity contribution in [3.63, 3.8) is 0 Å². The number of fused-ring (bicyclic) bond motifs is 3. The van der Waals surface area contributed by atoms with Gasteiger partial charge in [0.15, 0.2) is 0 Å². The van der Waals surface area contributed by atoms with Crippen molar-refractivity contribution in [3.8, 4) is 5.75 Å². The van der Waals surface area contributed by atoms with Crippen LogP contribution >= 0.6 is 11.6 Å². The van der Waals surface area contributed by atoms with Crippen LogP contribution in [-0.2, 0) is 39.4 Å². The van der Waals surface area contributed by atoms with Crippen molar-refractivity contribution < 1.29 is 23.8 Å². The minimum atomic E-state index is -0.703. The highest BCUT2D eigenvalue weighted by molar-refractivity contribution is 6.31. The first-order valence-electron chi connectivity index (χ1n) is 13.5. The molecule has 2 aliphatic heterocycles. The van der Waals surface area contributed by atoms with Gasteiger partial charge in [0.25, 0.3) is 0 Å². The van der Waals surface area contributed by atoms with Crippen molar-refractivity contribution in [1.82, 2.24) is 19.9 Å². The van der Waals surface area contributed by atoms with Crippen LogP contribution in [0.3, 0.4) is 0 Å². The van der Waals surface area contributed by atoms with Gasteiger partial charge in [-0.3, -0.25) is 9.78 Å². The van der Waals surface area contributed by atoms with Gasteiger partial charge in [-0.1, -0.05) is 23.7 Å². The number of ether oxygens (including phenoxy) is 3. The summed E-state index contributed by atoms with van der Waals surface area (Å²) in [6.45, 7) is 1.40. The van der Waals surface area contributed by atoms with Crippen molar-refractivity contribution in [2.24, 2.45) is 0 Å². The first-order valence-corrected chi connectivity index (χ1v) is 13.8. The lowest BCUT2D eigenvalue weighted by Gasteiger charge is -2.42. The van der Waals surface area contributed by atoms with Gasteiger partial charge < -0.3 is 29.0 Å². The molecule has 4 heterocycles. The number of hydrogen-bond donors (Lipinski definition) is 1. The monoisotopic (exact) mass is 573 g/mol. The van der Waals surface area contributed by atoms with E-state index < -0.39 is 17.0 Å². The third kappa shape index (κ3) is 4.47. The van der Waals surface area contributed by atoms with Crippen LogP contribution in [-0.4, -0.2) is 52.4 Å². The van der Waals surface area contributed by atoms with E-state index in [9.17, 15) is 9.59 Å². The predicted octanol–water partition coefficient (Wildman–Crippen LogP) is 4.37. The molecule has 0 radical (unpaired) electrons. The first-order chi connectivity index (χ1) is 19.9. The Morgan fingerprint density at radius 2 is 1.95 bits per heavy atom. The minimum Gasteiger partial charge on any atom is -0.497 e. The fourth-order valence-corrected chi connectivity index (χ4v) is 5.99. The van der Waals surface area contributed by atoms with Gasteiger partial charge in [-0.25, -0.2) is 9.78 Å². The van der Waals surface area contributed by atoms with Crippen molar-refractivity contribution >= 4 is 40.3 Å². The van der Waals surface area contributed by atoms with Gasteiger partial charge in [0.2, 0.25) is 5.91 Å². The maximum absolute atomic E-state index is 13.6. The van der Waals surface area contributed by atoms with Gasteiger partial charge >= 0.3 is 6.09 Å². The molecule has 2 amide bonds. The van der Waals surface area contributed by atoms with E-state index in [-0.39, 0.29) is 19.1 Å². The van der Waals surface area contributed by atoms with Crippen LogP contribution in [0.2, 0.25) is 5.02 Å². The molecular weight excluding hydrogens is 546 g/mol. The van der Waals surface area contributed by atoms with Crippen molar-refractivity contribution in [3.05, 3.63) is 82.9 Å². The molecule has 2 aromatic carbocycles. The second-order valence-electron chi connectivity index (χ2n) is 10.9. The van der Waals surface area contributed by atoms with Crippen LogP contribution in [0.4, 0.5) is 10.5 Å². The number of pyridine rings is 1. The molecule has 2 aromatic heterocycles. The number of carbonyl (C=O) groups excluding carboxylic acids is 2. The van der Waals surface area contributed by atoms with Gasteiger partial charge in [-0.2, -0.15) is 0 Å². The molecule has 1 spiro atoms. The maximum Gasteiger partial charge on any atom is 0.408 e. The van der Waals surface area contributed by atoms with Crippen molar-refractivity contribution in [1.29, 1.82) is 0 Å². The van der Waals surface area contributed by atoms with Gasteiger partial charge in [0.05, 0.1) is 61.7 Å². The molecule has 1 N–H and O–H groups in total.